The first kappa shape index (κ1) is 21.2. The van der Waals surface area contributed by atoms with E-state index >= 15 is 0 Å². The van der Waals surface area contributed by atoms with Crippen molar-refractivity contribution in [2.24, 2.45) is 11.8 Å². The van der Waals surface area contributed by atoms with Crippen LogP contribution in [0.5, 0.6) is 0 Å². The lowest BCUT2D eigenvalue weighted by Gasteiger charge is -2.36. The van der Waals surface area contributed by atoms with Gasteiger partial charge < -0.3 is 5.32 Å². The fourth-order valence-electron chi connectivity index (χ4n) is 4.16. The van der Waals surface area contributed by atoms with Crippen LogP contribution in [-0.4, -0.2) is 62.3 Å². The number of nitrogens with zero attached hydrogens (tertiary/aromatic N) is 2. The highest BCUT2D eigenvalue weighted by atomic mass is 32.2. The van der Waals surface area contributed by atoms with Crippen molar-refractivity contribution in [3.8, 4) is 0 Å². The third-order valence-electron chi connectivity index (χ3n) is 6.21. The number of nitrogens with one attached hydrogen (secondary N) is 1. The summed E-state index contributed by atoms with van der Waals surface area (Å²) in [6, 6.07) is 5.65. The fraction of sp³-hybridized carbons (Fsp3) is 0.650. The van der Waals surface area contributed by atoms with Gasteiger partial charge >= 0.3 is 0 Å². The maximum Gasteiger partial charge on any atom is 0.246 e. The van der Waals surface area contributed by atoms with E-state index in [0.29, 0.717) is 24.9 Å². The van der Waals surface area contributed by atoms with Gasteiger partial charge in [-0.1, -0.05) is 38.8 Å². The Hall–Kier alpha value is -1.51. The van der Waals surface area contributed by atoms with Crippen LogP contribution in [0, 0.1) is 17.7 Å². The molecule has 3 rings (SSSR count). The number of halogens is 1. The molecule has 2 fully saturated rings. The van der Waals surface area contributed by atoms with Gasteiger partial charge in [-0.15, -0.1) is 0 Å². The zero-order valence-electron chi connectivity index (χ0n) is 16.6. The monoisotopic (exact) mass is 411 g/mol. The molecule has 0 spiro atoms. The van der Waals surface area contributed by atoms with E-state index in [9.17, 15) is 17.6 Å². The Morgan fingerprint density at radius 2 is 1.82 bits per heavy atom. The summed E-state index contributed by atoms with van der Waals surface area (Å²) in [4.78, 5) is 14.1. The molecule has 0 unspecified atom stereocenters. The zero-order valence-corrected chi connectivity index (χ0v) is 17.4. The summed E-state index contributed by atoms with van der Waals surface area (Å²) >= 11 is 0. The highest BCUT2D eigenvalue weighted by Gasteiger charge is 2.32. The summed E-state index contributed by atoms with van der Waals surface area (Å²) in [6.45, 7) is 6.11. The summed E-state index contributed by atoms with van der Waals surface area (Å²) in [5.41, 5.74) is 0. The largest absolute Gasteiger partial charge is 0.352 e. The Kier molecular flexibility index (Phi) is 6.73. The minimum atomic E-state index is -3.85. The summed E-state index contributed by atoms with van der Waals surface area (Å²) in [7, 11) is -3.85. The van der Waals surface area contributed by atoms with E-state index in [1.54, 1.807) is 0 Å². The van der Waals surface area contributed by atoms with Gasteiger partial charge in [-0.3, -0.25) is 9.69 Å². The molecule has 1 N–H and O–H groups in total. The van der Waals surface area contributed by atoms with E-state index in [2.05, 4.69) is 19.2 Å². The minimum Gasteiger partial charge on any atom is -0.352 e. The molecule has 0 aromatic heterocycles. The van der Waals surface area contributed by atoms with Crippen LogP contribution in [0.25, 0.3) is 0 Å². The zero-order chi connectivity index (χ0) is 20.3. The maximum absolute atomic E-state index is 13.9. The molecule has 156 valence electrons. The third kappa shape index (κ3) is 4.72. The van der Waals surface area contributed by atoms with Crippen LogP contribution in [-0.2, 0) is 14.8 Å². The predicted molar refractivity (Wildman–Crippen MR) is 106 cm³/mol. The summed E-state index contributed by atoms with van der Waals surface area (Å²) in [5.74, 6) is 0.350. The Morgan fingerprint density at radius 3 is 2.50 bits per heavy atom. The normalized spacial score (nSPS) is 27.5. The van der Waals surface area contributed by atoms with Gasteiger partial charge in [0.25, 0.3) is 0 Å². The molecule has 1 saturated heterocycles. The molecule has 8 heteroatoms. The predicted octanol–water partition coefficient (Wildman–Crippen LogP) is 2.07. The molecule has 1 amide bonds. The van der Waals surface area contributed by atoms with E-state index in [0.717, 1.165) is 18.9 Å². The quantitative estimate of drug-likeness (QED) is 0.805. The minimum absolute atomic E-state index is 0.00337. The van der Waals surface area contributed by atoms with E-state index in [1.165, 1.54) is 28.9 Å². The van der Waals surface area contributed by atoms with E-state index < -0.39 is 15.8 Å². The number of carbonyl (C=O) groups excluding carboxylic acids is 1. The SMILES string of the molecule is C[C@@H]1[C@H](C)CCC[C@@H]1NC(=O)CN1CCN(S(=O)(=O)c2ccccc2F)CC1. The lowest BCUT2D eigenvalue weighted by molar-refractivity contribution is -0.124. The Bertz CT molecular complexity index is 794. The van der Waals surface area contributed by atoms with E-state index in [1.807, 2.05) is 4.90 Å². The maximum atomic E-state index is 13.9. The van der Waals surface area contributed by atoms with Crippen molar-refractivity contribution in [1.82, 2.24) is 14.5 Å². The van der Waals surface area contributed by atoms with Crippen LogP contribution in [0.4, 0.5) is 4.39 Å². The van der Waals surface area contributed by atoms with E-state index in [4.69, 9.17) is 0 Å². The number of piperazine rings is 1. The molecule has 1 saturated carbocycles. The molecular formula is C20H30FN3O3S. The van der Waals surface area contributed by atoms with Crippen LogP contribution in [0.1, 0.15) is 33.1 Å². The topological polar surface area (TPSA) is 69.7 Å². The second-order valence-electron chi connectivity index (χ2n) is 8.05. The number of hydrogen-bond donors (Lipinski definition) is 1. The van der Waals surface area contributed by atoms with Crippen molar-refractivity contribution >= 4 is 15.9 Å². The van der Waals surface area contributed by atoms with Crippen LogP contribution < -0.4 is 5.32 Å². The number of hydrogen-bond acceptors (Lipinski definition) is 4. The molecular weight excluding hydrogens is 381 g/mol. The van der Waals surface area contributed by atoms with Crippen LogP contribution in [0.2, 0.25) is 0 Å². The number of carbonyl (C=O) groups is 1. The van der Waals surface area contributed by atoms with Gasteiger partial charge in [0.2, 0.25) is 15.9 Å². The Labute approximate surface area is 167 Å². The van der Waals surface area contributed by atoms with Crippen LogP contribution in [0.15, 0.2) is 29.2 Å². The second-order valence-corrected chi connectivity index (χ2v) is 9.96. The highest BCUT2D eigenvalue weighted by molar-refractivity contribution is 7.89. The van der Waals surface area contributed by atoms with Gasteiger partial charge in [0.15, 0.2) is 0 Å². The smallest absolute Gasteiger partial charge is 0.246 e. The number of amides is 1. The first-order valence-electron chi connectivity index (χ1n) is 10.1. The average Bonchev–Trinajstić information content (AvgIpc) is 2.66. The summed E-state index contributed by atoms with van der Waals surface area (Å²) in [5, 5.41) is 3.16. The average molecular weight is 412 g/mol. The molecule has 2 aliphatic rings. The summed E-state index contributed by atoms with van der Waals surface area (Å²) < 4.78 is 40.5. The number of sulfonamides is 1. The fourth-order valence-corrected chi connectivity index (χ4v) is 5.65. The van der Waals surface area contributed by atoms with Gasteiger partial charge in [-0.2, -0.15) is 4.31 Å². The van der Waals surface area contributed by atoms with Crippen molar-refractivity contribution in [3.05, 3.63) is 30.1 Å². The standard InChI is InChI=1S/C20H30FN3O3S/c1-15-6-5-8-18(16(15)2)22-20(25)14-23-10-12-24(13-11-23)28(26,27)19-9-4-3-7-17(19)21/h3-4,7,9,15-16,18H,5-6,8,10-14H2,1-2H3,(H,22,25)/t15-,16-,18+/m1/s1. The molecule has 6 nitrogen and oxygen atoms in total. The van der Waals surface area contributed by atoms with Crippen molar-refractivity contribution < 1.29 is 17.6 Å². The molecule has 3 atom stereocenters. The van der Waals surface area contributed by atoms with Crippen molar-refractivity contribution in [2.45, 2.75) is 44.0 Å². The first-order valence-corrected chi connectivity index (χ1v) is 11.5. The van der Waals surface area contributed by atoms with Crippen molar-refractivity contribution in [2.75, 3.05) is 32.7 Å². The van der Waals surface area contributed by atoms with Gasteiger partial charge in [0, 0.05) is 32.2 Å². The molecule has 28 heavy (non-hydrogen) atoms. The second kappa shape index (κ2) is 8.88. The Morgan fingerprint density at radius 1 is 1.14 bits per heavy atom. The van der Waals surface area contributed by atoms with Gasteiger partial charge in [0.05, 0.1) is 6.54 Å². The Balaban J connectivity index is 1.51. The van der Waals surface area contributed by atoms with E-state index in [-0.39, 0.29) is 36.5 Å². The lowest BCUT2D eigenvalue weighted by Crippen LogP contribution is -2.53. The molecule has 0 radical (unpaired) electrons. The first-order chi connectivity index (χ1) is 13.3. The van der Waals surface area contributed by atoms with Crippen molar-refractivity contribution in [3.63, 3.8) is 0 Å². The highest BCUT2D eigenvalue weighted by Crippen LogP contribution is 2.29. The molecule has 1 aromatic rings. The molecule has 1 aliphatic heterocycles. The van der Waals surface area contributed by atoms with Crippen LogP contribution in [0.3, 0.4) is 0 Å². The number of benzene rings is 1. The number of rotatable bonds is 5. The van der Waals surface area contributed by atoms with Crippen molar-refractivity contribution in [1.29, 1.82) is 0 Å². The molecule has 1 aliphatic carbocycles. The van der Waals surface area contributed by atoms with Gasteiger partial charge in [-0.05, 0) is 30.4 Å². The molecule has 1 aromatic carbocycles. The summed E-state index contributed by atoms with van der Waals surface area (Å²) in [6.07, 6.45) is 3.38. The molecule has 1 heterocycles. The third-order valence-corrected chi connectivity index (χ3v) is 8.14. The van der Waals surface area contributed by atoms with Gasteiger partial charge in [0.1, 0.15) is 10.7 Å². The van der Waals surface area contributed by atoms with Gasteiger partial charge in [-0.25, -0.2) is 12.8 Å². The lowest BCUT2D eigenvalue weighted by atomic mass is 9.78. The van der Waals surface area contributed by atoms with Crippen LogP contribution >= 0.6 is 0 Å². The molecule has 0 bridgehead atoms.